The molecule has 0 bridgehead atoms. The van der Waals surface area contributed by atoms with E-state index in [0.29, 0.717) is 0 Å². The van der Waals surface area contributed by atoms with E-state index < -0.39 is 46.2 Å². The predicted octanol–water partition coefficient (Wildman–Crippen LogP) is -1.42. The molecule has 0 aromatic carbocycles. The number of H-pyrrole nitrogens is 1. The summed E-state index contributed by atoms with van der Waals surface area (Å²) in [6, 6.07) is 0. The van der Waals surface area contributed by atoms with Crippen LogP contribution in [0.2, 0.25) is 0 Å². The van der Waals surface area contributed by atoms with Gasteiger partial charge < -0.3 is 30.3 Å². The molecule has 1 saturated heterocycles. The van der Waals surface area contributed by atoms with Crippen molar-refractivity contribution in [1.82, 2.24) is 19.5 Å². The number of phosphoric acid groups is 2. The third-order valence-corrected chi connectivity index (χ3v) is 5.73. The number of aliphatic hydroxyl groups is 1. The number of aromatic amines is 1. The van der Waals surface area contributed by atoms with E-state index in [1.165, 1.54) is 10.9 Å². The Kier molecular flexibility index (Phi) is 5.24. The minimum Gasteiger partial charge on any atom is -0.390 e. The monoisotopic (exact) mass is 427 g/mol. The van der Waals surface area contributed by atoms with Crippen molar-refractivity contribution in [3.8, 4) is 0 Å². The number of hydrogen-bond acceptors (Lipinski definition) is 10. The molecule has 7 N–H and O–H groups in total. The number of anilines is 1. The lowest BCUT2D eigenvalue weighted by Crippen LogP contribution is -2.26. The van der Waals surface area contributed by atoms with Gasteiger partial charge in [-0.2, -0.15) is 9.29 Å². The second-order valence-electron chi connectivity index (χ2n) is 5.54. The van der Waals surface area contributed by atoms with Gasteiger partial charge in [0.1, 0.15) is 12.3 Å². The fraction of sp³-hybridized carbons (Fsp3) is 0.500. The molecule has 1 aliphatic rings. The second kappa shape index (κ2) is 7.05. The molecule has 0 radical (unpaired) electrons. The molecule has 3 rings (SSSR count). The van der Waals surface area contributed by atoms with Crippen molar-refractivity contribution >= 4 is 32.8 Å². The summed E-state index contributed by atoms with van der Waals surface area (Å²) in [6.07, 6.45) is -1.91. The lowest BCUT2D eigenvalue weighted by Gasteiger charge is -2.18. The van der Waals surface area contributed by atoms with Crippen LogP contribution in [0.3, 0.4) is 0 Å². The molecule has 0 saturated carbocycles. The highest BCUT2D eigenvalue weighted by atomic mass is 31.3. The average molecular weight is 427 g/mol. The normalized spacial score (nSPS) is 25.7. The van der Waals surface area contributed by atoms with Crippen LogP contribution in [-0.2, 0) is 22.7 Å². The van der Waals surface area contributed by atoms with Crippen LogP contribution in [0.1, 0.15) is 12.6 Å². The number of hydrogen-bond donors (Lipinski definition) is 6. The number of ether oxygens (including phenoxy) is 1. The first-order valence-corrected chi connectivity index (χ1v) is 10.3. The van der Waals surface area contributed by atoms with Crippen molar-refractivity contribution in [2.75, 3.05) is 12.3 Å². The smallest absolute Gasteiger partial charge is 0.390 e. The van der Waals surface area contributed by atoms with Gasteiger partial charge in [-0.3, -0.25) is 18.9 Å². The summed E-state index contributed by atoms with van der Waals surface area (Å²) in [5, 5.41) is 10.1. The molecule has 4 atom stereocenters. The van der Waals surface area contributed by atoms with E-state index in [-0.39, 0.29) is 23.5 Å². The molecule has 3 heterocycles. The second-order valence-corrected chi connectivity index (χ2v) is 8.37. The Morgan fingerprint density at radius 1 is 1.41 bits per heavy atom. The molecule has 150 valence electrons. The largest absolute Gasteiger partial charge is 0.481 e. The maximum Gasteiger partial charge on any atom is 0.481 e. The van der Waals surface area contributed by atoms with Crippen molar-refractivity contribution in [3.05, 3.63) is 16.7 Å². The van der Waals surface area contributed by atoms with Gasteiger partial charge in [0.2, 0.25) is 5.95 Å². The molecular weight excluding hydrogens is 412 g/mol. The van der Waals surface area contributed by atoms with Gasteiger partial charge in [-0.15, -0.1) is 0 Å². The summed E-state index contributed by atoms with van der Waals surface area (Å²) < 4.78 is 37.0. The molecule has 2 aromatic heterocycles. The zero-order chi connectivity index (χ0) is 20.0. The number of rotatable bonds is 6. The SMILES string of the molecule is Nc1nc2c(ncn2[C@H]2C[C@@H](O)[C@H](COP(=O)(O)OP(=O)(O)O)O2)c(=O)[nH]1. The zero-order valence-electron chi connectivity index (χ0n) is 13.3. The molecule has 0 spiro atoms. The molecule has 15 nitrogen and oxygen atoms in total. The Hall–Kier alpha value is -1.67. The first kappa shape index (κ1) is 20.1. The van der Waals surface area contributed by atoms with Gasteiger partial charge in [-0.05, 0) is 0 Å². The summed E-state index contributed by atoms with van der Waals surface area (Å²) in [4.78, 5) is 48.3. The Balaban J connectivity index is 1.73. The van der Waals surface area contributed by atoms with Crippen LogP contribution in [-0.4, -0.2) is 58.1 Å². The first-order chi connectivity index (χ1) is 12.5. The Bertz CT molecular complexity index is 1000. The number of nitrogens with zero attached hydrogens (tertiary/aromatic N) is 3. The van der Waals surface area contributed by atoms with Gasteiger partial charge in [0, 0.05) is 6.42 Å². The average Bonchev–Trinajstić information content (AvgIpc) is 3.06. The van der Waals surface area contributed by atoms with Crippen molar-refractivity contribution in [2.45, 2.75) is 24.9 Å². The van der Waals surface area contributed by atoms with Crippen molar-refractivity contribution in [1.29, 1.82) is 0 Å². The summed E-state index contributed by atoms with van der Waals surface area (Å²) in [5.74, 6) is -0.150. The van der Waals surface area contributed by atoms with Crippen molar-refractivity contribution < 1.29 is 42.5 Å². The molecule has 0 amide bonds. The molecule has 1 unspecified atom stereocenters. The molecule has 1 aliphatic heterocycles. The fourth-order valence-corrected chi connectivity index (χ4v) is 4.11. The number of aliphatic hydroxyl groups excluding tert-OH is 1. The highest BCUT2D eigenvalue weighted by Crippen LogP contribution is 2.57. The maximum absolute atomic E-state index is 11.8. The molecule has 17 heteroatoms. The third kappa shape index (κ3) is 4.60. The van der Waals surface area contributed by atoms with Crippen molar-refractivity contribution in [2.24, 2.45) is 0 Å². The summed E-state index contributed by atoms with van der Waals surface area (Å²) in [6.45, 7) is -0.700. The number of imidazole rings is 1. The van der Waals surface area contributed by atoms with Crippen LogP contribution in [0.25, 0.3) is 11.2 Å². The number of nitrogen functional groups attached to an aromatic ring is 1. The quantitative estimate of drug-likeness (QED) is 0.291. The van der Waals surface area contributed by atoms with E-state index in [4.69, 9.17) is 20.3 Å². The van der Waals surface area contributed by atoms with Gasteiger partial charge >= 0.3 is 15.6 Å². The molecule has 2 aromatic rings. The third-order valence-electron chi connectivity index (χ3n) is 3.58. The van der Waals surface area contributed by atoms with Gasteiger partial charge in [-0.25, -0.2) is 14.1 Å². The summed E-state index contributed by atoms with van der Waals surface area (Å²) in [5.41, 5.74) is 5.03. The molecular formula is C10H15N5O10P2. The lowest BCUT2D eigenvalue weighted by atomic mass is 10.2. The zero-order valence-corrected chi connectivity index (χ0v) is 15.1. The van der Waals surface area contributed by atoms with Gasteiger partial charge in [0.15, 0.2) is 11.2 Å². The number of nitrogens with one attached hydrogen (secondary N) is 1. The van der Waals surface area contributed by atoms with Gasteiger partial charge in [0.05, 0.1) is 19.0 Å². The molecule has 27 heavy (non-hydrogen) atoms. The van der Waals surface area contributed by atoms with Crippen LogP contribution >= 0.6 is 15.6 Å². The van der Waals surface area contributed by atoms with E-state index >= 15 is 0 Å². The van der Waals surface area contributed by atoms with Crippen LogP contribution < -0.4 is 11.3 Å². The van der Waals surface area contributed by atoms with E-state index in [1.54, 1.807) is 0 Å². The van der Waals surface area contributed by atoms with Crippen LogP contribution in [0.4, 0.5) is 5.95 Å². The van der Waals surface area contributed by atoms with E-state index in [0.717, 1.165) is 0 Å². The Morgan fingerprint density at radius 3 is 2.78 bits per heavy atom. The number of phosphoric ester groups is 1. The lowest BCUT2D eigenvalue weighted by molar-refractivity contribution is -0.0423. The summed E-state index contributed by atoms with van der Waals surface area (Å²) >= 11 is 0. The first-order valence-electron chi connectivity index (χ1n) is 7.25. The predicted molar refractivity (Wildman–Crippen MR) is 86.0 cm³/mol. The highest BCUT2D eigenvalue weighted by Gasteiger charge is 2.39. The number of aromatic nitrogens is 4. The molecule has 1 fully saturated rings. The number of nitrogens with two attached hydrogens (primary N) is 1. The van der Waals surface area contributed by atoms with E-state index in [1.807, 2.05) is 0 Å². The van der Waals surface area contributed by atoms with E-state index in [9.17, 15) is 23.9 Å². The van der Waals surface area contributed by atoms with Crippen molar-refractivity contribution in [3.63, 3.8) is 0 Å². The van der Waals surface area contributed by atoms with Crippen LogP contribution in [0.15, 0.2) is 11.1 Å². The van der Waals surface area contributed by atoms with Gasteiger partial charge in [-0.1, -0.05) is 0 Å². The highest BCUT2D eigenvalue weighted by molar-refractivity contribution is 7.60. The van der Waals surface area contributed by atoms with E-state index in [2.05, 4.69) is 23.8 Å². The Morgan fingerprint density at radius 2 is 2.11 bits per heavy atom. The molecule has 0 aliphatic carbocycles. The maximum atomic E-state index is 11.8. The Labute approximate surface area is 149 Å². The standard InChI is InChI=1S/C10H15N5O10P2/c11-10-13-8-7(9(17)14-10)12-3-15(8)6-1-4(16)5(24-6)2-23-27(21,22)25-26(18,19)20/h3-6,16H,1-2H2,(H,21,22)(H2,18,19,20)(H3,11,13,14,17)/t4-,5+,6-/m1/s1. The fourth-order valence-electron chi connectivity index (χ4n) is 2.52. The minimum atomic E-state index is -5.26. The topological polar surface area (TPSA) is 232 Å². The van der Waals surface area contributed by atoms with Gasteiger partial charge in [0.25, 0.3) is 5.56 Å². The minimum absolute atomic E-state index is 0.00288. The summed E-state index contributed by atoms with van der Waals surface area (Å²) in [7, 11) is -10.3. The van der Waals surface area contributed by atoms with Crippen LogP contribution in [0, 0.1) is 0 Å². The number of fused-ring (bicyclic) bond motifs is 1. The van der Waals surface area contributed by atoms with Crippen LogP contribution in [0.5, 0.6) is 0 Å².